The number of halogens is 1. The van der Waals surface area contributed by atoms with Gasteiger partial charge in [0, 0.05) is 32.7 Å². The average molecular weight is 512 g/mol. The topological polar surface area (TPSA) is 143 Å². The fraction of sp³-hybridized carbons (Fsp3) is 0.450. The van der Waals surface area contributed by atoms with E-state index in [2.05, 4.69) is 29.9 Å². The molecule has 0 radical (unpaired) electrons. The zero-order chi connectivity index (χ0) is 24.9. The molecule has 1 N–H and O–H groups in total. The van der Waals surface area contributed by atoms with E-state index in [9.17, 15) is 8.42 Å². The number of hydrogen-bond acceptors (Lipinski definition) is 10. The van der Waals surface area contributed by atoms with Crippen LogP contribution in [0.5, 0.6) is 5.88 Å². The molecule has 3 aromatic heterocycles. The number of aromatic nitrogens is 6. The minimum Gasteiger partial charge on any atom is -0.481 e. The van der Waals surface area contributed by atoms with Crippen LogP contribution in [0.3, 0.4) is 0 Å². The van der Waals surface area contributed by atoms with Crippen LogP contribution in [0.15, 0.2) is 30.6 Å². The van der Waals surface area contributed by atoms with Gasteiger partial charge in [-0.3, -0.25) is 9.29 Å². The highest BCUT2D eigenvalue weighted by Gasteiger charge is 2.34. The Bertz CT molecular complexity index is 1210. The molecule has 0 fully saturated rings. The molecular formula is C20H26ClN7O5S. The second-order valence-electron chi connectivity index (χ2n) is 7.35. The van der Waals surface area contributed by atoms with Crippen LogP contribution in [-0.4, -0.2) is 71.3 Å². The third kappa shape index (κ3) is 5.60. The number of rotatable bonds is 11. The van der Waals surface area contributed by atoms with Crippen LogP contribution in [0.4, 0.5) is 5.95 Å². The zero-order valence-electron chi connectivity index (χ0n) is 19.3. The second-order valence-corrected chi connectivity index (χ2v) is 9.83. The Labute approximate surface area is 202 Å². The summed E-state index contributed by atoms with van der Waals surface area (Å²) in [4.78, 5) is 12.6. The van der Waals surface area contributed by atoms with Crippen molar-refractivity contribution in [2.45, 2.75) is 31.2 Å². The number of ether oxygens (including phenoxy) is 3. The minimum absolute atomic E-state index is 0.00268. The number of methoxy groups -OCH3 is 3. The molecule has 0 aliphatic rings. The Morgan fingerprint density at radius 2 is 1.82 bits per heavy atom. The maximum absolute atomic E-state index is 13.3. The third-order valence-electron chi connectivity index (χ3n) is 5.00. The van der Waals surface area contributed by atoms with Gasteiger partial charge in [0.1, 0.15) is 17.0 Å². The largest absolute Gasteiger partial charge is 0.481 e. The molecule has 3 atom stereocenters. The molecule has 3 rings (SSSR count). The van der Waals surface area contributed by atoms with Crippen LogP contribution in [-0.2, 0) is 19.5 Å². The lowest BCUT2D eigenvalue weighted by Gasteiger charge is -2.23. The fourth-order valence-electron chi connectivity index (χ4n) is 3.28. The SMILES string of the molecule is COCC(C)n1c(NS(=O)(=O)C(C)C(OC)c2ncc(Cl)cn2)nnc1-c1cccc(OC)n1. The number of hydrogen-bond donors (Lipinski definition) is 1. The van der Waals surface area contributed by atoms with Gasteiger partial charge in [0.25, 0.3) is 0 Å². The summed E-state index contributed by atoms with van der Waals surface area (Å²) >= 11 is 5.84. The number of nitrogens with one attached hydrogen (secondary N) is 1. The molecule has 0 aliphatic heterocycles. The lowest BCUT2D eigenvalue weighted by Crippen LogP contribution is -2.34. The van der Waals surface area contributed by atoms with Gasteiger partial charge in [-0.1, -0.05) is 17.7 Å². The molecule has 0 spiro atoms. The first-order chi connectivity index (χ1) is 16.2. The molecule has 14 heteroatoms. The summed E-state index contributed by atoms with van der Waals surface area (Å²) in [5.74, 6) is 0.911. The highest BCUT2D eigenvalue weighted by Crippen LogP contribution is 2.28. The quantitative estimate of drug-likeness (QED) is 0.407. The Balaban J connectivity index is 1.98. The maximum Gasteiger partial charge on any atom is 0.240 e. The molecule has 3 heterocycles. The molecule has 184 valence electrons. The fourth-order valence-corrected chi connectivity index (χ4v) is 4.52. The standard InChI is InChI=1S/C20H26ClN7O5S/c1-12(11-31-3)28-19(15-7-6-8-16(24-15)32-4)25-26-20(28)27-34(29,30)13(2)17(33-5)18-22-9-14(21)10-23-18/h6-10,12-13,17H,11H2,1-5H3,(H,26,27). The van der Waals surface area contributed by atoms with Gasteiger partial charge in [-0.25, -0.2) is 23.4 Å². The van der Waals surface area contributed by atoms with Gasteiger partial charge < -0.3 is 14.2 Å². The molecule has 12 nitrogen and oxygen atoms in total. The lowest BCUT2D eigenvalue weighted by molar-refractivity contribution is 0.0950. The van der Waals surface area contributed by atoms with Gasteiger partial charge in [0.05, 0.1) is 24.8 Å². The van der Waals surface area contributed by atoms with Crippen LogP contribution >= 0.6 is 11.6 Å². The summed E-state index contributed by atoms with van der Waals surface area (Å²) < 4.78 is 46.6. The van der Waals surface area contributed by atoms with Crippen LogP contribution in [0.2, 0.25) is 5.02 Å². The van der Waals surface area contributed by atoms with Crippen molar-refractivity contribution in [2.75, 3.05) is 32.7 Å². The summed E-state index contributed by atoms with van der Waals surface area (Å²) in [5, 5.41) is 7.51. The summed E-state index contributed by atoms with van der Waals surface area (Å²) in [6.07, 6.45) is 1.79. The second kappa shape index (κ2) is 11.0. The van der Waals surface area contributed by atoms with Crippen molar-refractivity contribution >= 4 is 27.6 Å². The van der Waals surface area contributed by atoms with Crippen molar-refractivity contribution in [3.63, 3.8) is 0 Å². The Morgan fingerprint density at radius 3 is 2.44 bits per heavy atom. The molecule has 34 heavy (non-hydrogen) atoms. The molecule has 3 unspecified atom stereocenters. The summed E-state index contributed by atoms with van der Waals surface area (Å²) in [6.45, 7) is 3.61. The van der Waals surface area contributed by atoms with Gasteiger partial charge in [-0.05, 0) is 19.9 Å². The number of nitrogens with zero attached hydrogens (tertiary/aromatic N) is 6. The number of anilines is 1. The van der Waals surface area contributed by atoms with Crippen molar-refractivity contribution in [1.82, 2.24) is 29.7 Å². The van der Waals surface area contributed by atoms with Crippen molar-refractivity contribution in [3.8, 4) is 17.4 Å². The first kappa shape index (κ1) is 25.7. The van der Waals surface area contributed by atoms with E-state index in [1.807, 2.05) is 6.92 Å². The van der Waals surface area contributed by atoms with Crippen molar-refractivity contribution in [3.05, 3.63) is 41.4 Å². The summed E-state index contributed by atoms with van der Waals surface area (Å²) in [5.41, 5.74) is 0.456. The summed E-state index contributed by atoms with van der Waals surface area (Å²) in [7, 11) is 0.396. The monoisotopic (exact) mass is 511 g/mol. The highest BCUT2D eigenvalue weighted by molar-refractivity contribution is 7.93. The Morgan fingerprint density at radius 1 is 1.12 bits per heavy atom. The van der Waals surface area contributed by atoms with Gasteiger partial charge in [0.2, 0.25) is 21.9 Å². The van der Waals surface area contributed by atoms with Crippen LogP contribution in [0, 0.1) is 0 Å². The van der Waals surface area contributed by atoms with Crippen molar-refractivity contribution in [1.29, 1.82) is 0 Å². The molecular weight excluding hydrogens is 486 g/mol. The van der Waals surface area contributed by atoms with Crippen molar-refractivity contribution < 1.29 is 22.6 Å². The molecule has 0 aliphatic carbocycles. The average Bonchev–Trinajstić information content (AvgIpc) is 3.23. The van der Waals surface area contributed by atoms with E-state index in [1.165, 1.54) is 33.5 Å². The van der Waals surface area contributed by atoms with Crippen LogP contribution in [0.25, 0.3) is 11.5 Å². The van der Waals surface area contributed by atoms with Crippen molar-refractivity contribution in [2.24, 2.45) is 0 Å². The van der Waals surface area contributed by atoms with Gasteiger partial charge in [-0.2, -0.15) is 0 Å². The predicted molar refractivity (Wildman–Crippen MR) is 125 cm³/mol. The van der Waals surface area contributed by atoms with E-state index in [-0.39, 0.29) is 24.4 Å². The maximum atomic E-state index is 13.3. The predicted octanol–water partition coefficient (Wildman–Crippen LogP) is 2.52. The first-order valence-electron chi connectivity index (χ1n) is 10.2. The van der Waals surface area contributed by atoms with E-state index in [4.69, 9.17) is 25.8 Å². The molecule has 0 amide bonds. The van der Waals surface area contributed by atoms with E-state index < -0.39 is 21.4 Å². The van der Waals surface area contributed by atoms with Gasteiger partial charge in [-0.15, -0.1) is 10.2 Å². The Kier molecular flexibility index (Phi) is 8.36. The normalized spacial score (nSPS) is 14.4. The smallest absolute Gasteiger partial charge is 0.240 e. The zero-order valence-corrected chi connectivity index (χ0v) is 20.9. The van der Waals surface area contributed by atoms with E-state index in [0.29, 0.717) is 22.4 Å². The van der Waals surface area contributed by atoms with Gasteiger partial charge >= 0.3 is 0 Å². The molecule has 0 saturated heterocycles. The van der Waals surface area contributed by atoms with Crippen LogP contribution in [0.1, 0.15) is 31.8 Å². The molecule has 0 aromatic carbocycles. The molecule has 0 saturated carbocycles. The first-order valence-corrected chi connectivity index (χ1v) is 12.1. The third-order valence-corrected chi connectivity index (χ3v) is 6.89. The molecule has 3 aromatic rings. The number of sulfonamides is 1. The minimum atomic E-state index is -4.03. The van der Waals surface area contributed by atoms with E-state index in [0.717, 1.165) is 0 Å². The molecule has 0 bridgehead atoms. The summed E-state index contributed by atoms with van der Waals surface area (Å²) in [6, 6.07) is 4.84. The van der Waals surface area contributed by atoms with E-state index >= 15 is 0 Å². The highest BCUT2D eigenvalue weighted by atomic mass is 35.5. The van der Waals surface area contributed by atoms with Gasteiger partial charge in [0.15, 0.2) is 11.6 Å². The number of pyridine rings is 1. The van der Waals surface area contributed by atoms with Crippen LogP contribution < -0.4 is 9.46 Å². The Hall–Kier alpha value is -2.87. The lowest BCUT2D eigenvalue weighted by atomic mass is 10.2. The van der Waals surface area contributed by atoms with E-state index in [1.54, 1.807) is 29.9 Å².